The summed E-state index contributed by atoms with van der Waals surface area (Å²) in [6.07, 6.45) is 29.4. The van der Waals surface area contributed by atoms with Crippen molar-refractivity contribution < 1.29 is 0 Å². The third-order valence-electron chi connectivity index (χ3n) is 12.1. The van der Waals surface area contributed by atoms with Gasteiger partial charge in [-0.25, -0.2) is 0 Å². The van der Waals surface area contributed by atoms with Crippen molar-refractivity contribution in [2.45, 2.75) is 116 Å². The van der Waals surface area contributed by atoms with E-state index < -0.39 is 0 Å². The second-order valence-corrected chi connectivity index (χ2v) is 11.6. The van der Waals surface area contributed by atoms with Crippen molar-refractivity contribution in [1.82, 2.24) is 0 Å². The van der Waals surface area contributed by atoms with Crippen LogP contribution < -0.4 is 0 Å². The molecule has 0 saturated heterocycles. The zero-order valence-corrected chi connectivity index (χ0v) is 15.7. The molecule has 7 aliphatic carbocycles. The summed E-state index contributed by atoms with van der Waals surface area (Å²) in [6, 6.07) is 0. The highest BCUT2D eigenvalue weighted by atomic mass is 15.0. The Balaban J connectivity index is 1.54. The smallest absolute Gasteiger partial charge is 0.0173 e. The van der Waals surface area contributed by atoms with Crippen LogP contribution in [0.3, 0.4) is 0 Å². The third-order valence-corrected chi connectivity index (χ3v) is 12.1. The van der Waals surface area contributed by atoms with Crippen LogP contribution in [0, 0.1) is 32.5 Å². The van der Waals surface area contributed by atoms with E-state index in [9.17, 15) is 0 Å². The average molecular weight is 325 g/mol. The highest BCUT2D eigenvalue weighted by molar-refractivity contribution is 5.40. The molecule has 0 heterocycles. The van der Waals surface area contributed by atoms with E-state index in [1.807, 2.05) is 0 Å². The Kier molecular flexibility index (Phi) is 2.24. The molecule has 0 aromatic heterocycles. The van der Waals surface area contributed by atoms with Gasteiger partial charge in [0, 0.05) is 0 Å². The van der Waals surface area contributed by atoms with Crippen LogP contribution in [-0.4, -0.2) is 0 Å². The van der Waals surface area contributed by atoms with E-state index >= 15 is 0 Å². The molecular formula is C24H36. The second kappa shape index (κ2) is 3.82. The molecule has 6 spiro atoms. The van der Waals surface area contributed by atoms with Crippen LogP contribution in [0.25, 0.3) is 0 Å². The fourth-order valence-corrected chi connectivity index (χ4v) is 11.8. The fourth-order valence-electron chi connectivity index (χ4n) is 11.8. The van der Waals surface area contributed by atoms with Gasteiger partial charge in [-0.1, -0.05) is 38.5 Å². The number of hydrogen-bond acceptors (Lipinski definition) is 0. The van der Waals surface area contributed by atoms with Gasteiger partial charge < -0.3 is 0 Å². The van der Waals surface area contributed by atoms with Crippen LogP contribution in [-0.2, 0) is 0 Å². The van der Waals surface area contributed by atoms with Gasteiger partial charge in [-0.3, -0.25) is 0 Å². The van der Waals surface area contributed by atoms with Gasteiger partial charge in [-0.2, -0.15) is 0 Å². The standard InChI is InChI=1S/C24H36/c1-2-8-19(7-1)22(13-14-22)20(9-3-4-10-20)24(17-18-24)21(11-5-6-12-21)23(19)15-16-23/h1-18H2. The van der Waals surface area contributed by atoms with Gasteiger partial charge >= 0.3 is 0 Å². The summed E-state index contributed by atoms with van der Waals surface area (Å²) in [7, 11) is 0. The van der Waals surface area contributed by atoms with E-state index in [1.54, 1.807) is 116 Å². The third kappa shape index (κ3) is 1.05. The molecule has 7 fully saturated rings. The molecule has 7 aliphatic rings. The quantitative estimate of drug-likeness (QED) is 0.449. The molecule has 0 amide bonds. The molecule has 0 aromatic rings. The monoisotopic (exact) mass is 324 g/mol. The molecule has 132 valence electrons. The van der Waals surface area contributed by atoms with E-state index in [-0.39, 0.29) is 0 Å². The first kappa shape index (κ1) is 14.1. The predicted octanol–water partition coefficient (Wildman–Crippen LogP) is 7.02. The highest BCUT2D eigenvalue weighted by Gasteiger charge is 2.92. The normalized spacial score (nSPS) is 42.0. The Bertz CT molecular complexity index is 470. The van der Waals surface area contributed by atoms with Crippen molar-refractivity contribution in [3.63, 3.8) is 0 Å². The second-order valence-electron chi connectivity index (χ2n) is 11.6. The van der Waals surface area contributed by atoms with Crippen LogP contribution in [0.15, 0.2) is 0 Å². The fraction of sp³-hybridized carbons (Fsp3) is 1.00. The summed E-state index contributed by atoms with van der Waals surface area (Å²) in [5, 5.41) is 0. The topological polar surface area (TPSA) is 0 Å². The van der Waals surface area contributed by atoms with Crippen molar-refractivity contribution in [3.8, 4) is 0 Å². The lowest BCUT2D eigenvalue weighted by Crippen LogP contribution is -2.66. The van der Waals surface area contributed by atoms with Crippen molar-refractivity contribution in [3.05, 3.63) is 0 Å². The molecule has 0 heteroatoms. The molecule has 0 N–H and O–H groups in total. The molecule has 0 atom stereocenters. The lowest BCUT2D eigenvalue weighted by Gasteiger charge is -2.71. The maximum absolute atomic E-state index is 1.66. The Hall–Kier alpha value is 0. The minimum Gasteiger partial charge on any atom is -0.0527 e. The van der Waals surface area contributed by atoms with E-state index in [0.29, 0.717) is 0 Å². The number of fused-ring (bicyclic) bond motifs is 6. The molecule has 0 unspecified atom stereocenters. The molecule has 0 radical (unpaired) electrons. The van der Waals surface area contributed by atoms with Gasteiger partial charge in [0.15, 0.2) is 0 Å². The minimum absolute atomic E-state index is 0.836. The molecular weight excluding hydrogens is 288 g/mol. The van der Waals surface area contributed by atoms with Gasteiger partial charge in [0.1, 0.15) is 0 Å². The first-order valence-electron chi connectivity index (χ1n) is 11.7. The number of rotatable bonds is 0. The molecule has 0 aromatic carbocycles. The van der Waals surface area contributed by atoms with Crippen molar-refractivity contribution >= 4 is 0 Å². The SMILES string of the molecule is C1CCC2(C1)C1(CC1)C1(CCCC1)C1(CC1)C1(CCCC1)C21CC1. The maximum atomic E-state index is 1.66. The van der Waals surface area contributed by atoms with Crippen LogP contribution in [0.4, 0.5) is 0 Å². The van der Waals surface area contributed by atoms with Crippen molar-refractivity contribution in [1.29, 1.82) is 0 Å². The van der Waals surface area contributed by atoms with Crippen LogP contribution in [0.5, 0.6) is 0 Å². The lowest BCUT2D eigenvalue weighted by atomic mass is 9.32. The summed E-state index contributed by atoms with van der Waals surface area (Å²) < 4.78 is 0. The lowest BCUT2D eigenvalue weighted by molar-refractivity contribution is -0.240. The first-order valence-corrected chi connectivity index (χ1v) is 11.7. The van der Waals surface area contributed by atoms with E-state index in [4.69, 9.17) is 0 Å². The molecule has 0 aliphatic heterocycles. The van der Waals surface area contributed by atoms with Gasteiger partial charge in [0.05, 0.1) is 0 Å². The van der Waals surface area contributed by atoms with E-state index in [2.05, 4.69) is 0 Å². The molecule has 7 rings (SSSR count). The predicted molar refractivity (Wildman–Crippen MR) is 97.7 cm³/mol. The average Bonchev–Trinajstić information content (AvgIpc) is 3.60. The molecule has 24 heavy (non-hydrogen) atoms. The summed E-state index contributed by atoms with van der Waals surface area (Å²) in [4.78, 5) is 0. The Labute approximate surface area is 148 Å². The number of hydrogen-bond donors (Lipinski definition) is 0. The van der Waals surface area contributed by atoms with Crippen LogP contribution >= 0.6 is 0 Å². The summed E-state index contributed by atoms with van der Waals surface area (Å²) in [6.45, 7) is 0. The van der Waals surface area contributed by atoms with Gasteiger partial charge in [0.2, 0.25) is 0 Å². The van der Waals surface area contributed by atoms with Gasteiger partial charge in [0.25, 0.3) is 0 Å². The van der Waals surface area contributed by atoms with E-state index in [1.165, 1.54) is 0 Å². The Morgan fingerprint density at radius 3 is 0.542 bits per heavy atom. The Morgan fingerprint density at radius 2 is 0.375 bits per heavy atom. The zero-order valence-electron chi connectivity index (χ0n) is 15.7. The molecule has 0 bridgehead atoms. The molecule has 7 saturated carbocycles. The largest absolute Gasteiger partial charge is 0.0527 e. The van der Waals surface area contributed by atoms with Gasteiger partial charge in [-0.05, 0) is 110 Å². The van der Waals surface area contributed by atoms with Crippen molar-refractivity contribution in [2.24, 2.45) is 32.5 Å². The summed E-state index contributed by atoms with van der Waals surface area (Å²) >= 11 is 0. The zero-order chi connectivity index (χ0) is 15.7. The first-order chi connectivity index (χ1) is 11.7. The highest BCUT2D eigenvalue weighted by Crippen LogP contribution is 3.00. The summed E-state index contributed by atoms with van der Waals surface area (Å²) in [5.41, 5.74) is 5.07. The van der Waals surface area contributed by atoms with E-state index in [0.717, 1.165) is 32.5 Å². The minimum atomic E-state index is 0.836. The van der Waals surface area contributed by atoms with Crippen molar-refractivity contribution in [2.75, 3.05) is 0 Å². The van der Waals surface area contributed by atoms with Crippen LogP contribution in [0.1, 0.15) is 116 Å². The molecule has 0 nitrogen and oxygen atoms in total. The van der Waals surface area contributed by atoms with Crippen LogP contribution in [0.2, 0.25) is 0 Å². The summed E-state index contributed by atoms with van der Waals surface area (Å²) in [5.74, 6) is 0. The maximum Gasteiger partial charge on any atom is -0.0173 e. The Morgan fingerprint density at radius 1 is 0.208 bits per heavy atom. The van der Waals surface area contributed by atoms with Gasteiger partial charge in [-0.15, -0.1) is 0 Å².